The molecule has 0 atom stereocenters. The zero-order valence-corrected chi connectivity index (χ0v) is 13.4. The van der Waals surface area contributed by atoms with Gasteiger partial charge in [-0.05, 0) is 44.0 Å². The maximum Gasteiger partial charge on any atom is 0.267 e. The van der Waals surface area contributed by atoms with Crippen molar-refractivity contribution < 1.29 is 12.8 Å². The quantitative estimate of drug-likeness (QED) is 0.806. The number of pyridine rings is 1. The third-order valence-electron chi connectivity index (χ3n) is 2.16. The summed E-state index contributed by atoms with van der Waals surface area (Å²) < 4.78 is 32.7. The van der Waals surface area contributed by atoms with Crippen LogP contribution in [0.4, 0.5) is 5.82 Å². The summed E-state index contributed by atoms with van der Waals surface area (Å²) in [7, 11) is -3.77. The van der Waals surface area contributed by atoms with E-state index in [1.807, 2.05) is 0 Å². The molecule has 9 heteroatoms. The minimum absolute atomic E-state index is 0.0160. The van der Waals surface area contributed by atoms with Crippen LogP contribution in [0.15, 0.2) is 42.9 Å². The maximum atomic E-state index is 12.1. The van der Waals surface area contributed by atoms with Crippen LogP contribution >= 0.6 is 31.9 Å². The van der Waals surface area contributed by atoms with Crippen LogP contribution in [0.25, 0.3) is 0 Å². The van der Waals surface area contributed by atoms with E-state index in [1.165, 1.54) is 12.3 Å². The minimum atomic E-state index is -3.77. The Bertz CT molecular complexity index is 683. The van der Waals surface area contributed by atoms with Crippen molar-refractivity contribution >= 4 is 47.7 Å². The number of nitrogens with one attached hydrogen (secondary N) is 1. The first kappa shape index (κ1) is 14.5. The molecule has 0 aliphatic rings. The fraction of sp³-hybridized carbons (Fsp3) is 0.100. The van der Waals surface area contributed by atoms with Gasteiger partial charge in [-0.3, -0.25) is 4.72 Å². The number of rotatable bonds is 4. The Hall–Kier alpha value is -0.900. The molecule has 102 valence electrons. The van der Waals surface area contributed by atoms with Crippen molar-refractivity contribution in [3.8, 4) is 0 Å². The van der Waals surface area contributed by atoms with Crippen LogP contribution < -0.4 is 10.5 Å². The SMILES string of the molecule is NCc1cc(S(=O)(=O)Nc2ccc(Br)cn2)c(Br)o1. The van der Waals surface area contributed by atoms with Crippen molar-refractivity contribution in [3.63, 3.8) is 0 Å². The fourth-order valence-corrected chi connectivity index (χ4v) is 3.55. The van der Waals surface area contributed by atoms with E-state index < -0.39 is 10.0 Å². The third kappa shape index (κ3) is 3.35. The molecule has 0 spiro atoms. The molecular formula is C10H9Br2N3O3S. The average Bonchev–Trinajstić information content (AvgIpc) is 2.74. The molecule has 19 heavy (non-hydrogen) atoms. The van der Waals surface area contributed by atoms with Crippen molar-refractivity contribution in [3.05, 3.63) is 39.3 Å². The summed E-state index contributed by atoms with van der Waals surface area (Å²) >= 11 is 6.27. The molecule has 2 aromatic rings. The van der Waals surface area contributed by atoms with Crippen molar-refractivity contribution in [1.29, 1.82) is 0 Å². The van der Waals surface area contributed by atoms with Gasteiger partial charge in [0.05, 0.1) is 6.54 Å². The highest BCUT2D eigenvalue weighted by Crippen LogP contribution is 2.27. The Morgan fingerprint density at radius 3 is 2.63 bits per heavy atom. The van der Waals surface area contributed by atoms with Gasteiger partial charge < -0.3 is 10.2 Å². The van der Waals surface area contributed by atoms with Crippen molar-refractivity contribution in [2.75, 3.05) is 4.72 Å². The molecule has 2 aromatic heterocycles. The van der Waals surface area contributed by atoms with E-state index in [0.29, 0.717) is 5.76 Å². The van der Waals surface area contributed by atoms with Crippen molar-refractivity contribution in [2.45, 2.75) is 11.4 Å². The molecule has 3 N–H and O–H groups in total. The molecule has 0 aliphatic carbocycles. The van der Waals surface area contributed by atoms with Crippen molar-refractivity contribution in [1.82, 2.24) is 4.98 Å². The Morgan fingerprint density at radius 2 is 2.11 bits per heavy atom. The van der Waals surface area contributed by atoms with Crippen LogP contribution in [0.2, 0.25) is 0 Å². The molecule has 0 bridgehead atoms. The standard InChI is InChI=1S/C10H9Br2N3O3S/c11-6-1-2-9(14-5-6)15-19(16,17)8-3-7(4-13)18-10(8)12/h1-3,5H,4,13H2,(H,14,15). The summed E-state index contributed by atoms with van der Waals surface area (Å²) in [5, 5.41) is 0. The molecule has 0 aromatic carbocycles. The molecule has 0 saturated carbocycles. The second-order valence-electron chi connectivity index (χ2n) is 3.52. The Balaban J connectivity index is 2.31. The Labute approximate surface area is 126 Å². The fourth-order valence-electron chi connectivity index (χ4n) is 1.31. The van der Waals surface area contributed by atoms with Gasteiger partial charge in [-0.15, -0.1) is 0 Å². The molecule has 0 fully saturated rings. The summed E-state index contributed by atoms with van der Waals surface area (Å²) in [4.78, 5) is 3.92. The second-order valence-corrected chi connectivity index (χ2v) is 6.81. The van der Waals surface area contributed by atoms with Gasteiger partial charge in [0, 0.05) is 16.7 Å². The van der Waals surface area contributed by atoms with Gasteiger partial charge in [0.15, 0.2) is 4.67 Å². The lowest BCUT2D eigenvalue weighted by Gasteiger charge is -2.05. The number of hydrogen-bond acceptors (Lipinski definition) is 5. The van der Waals surface area contributed by atoms with Gasteiger partial charge in [-0.2, -0.15) is 0 Å². The predicted octanol–water partition coefficient (Wildman–Crippen LogP) is 2.46. The average molecular weight is 411 g/mol. The largest absolute Gasteiger partial charge is 0.452 e. The van der Waals surface area contributed by atoms with Crippen LogP contribution in [-0.4, -0.2) is 13.4 Å². The Kier molecular flexibility index (Phi) is 4.29. The molecule has 0 aliphatic heterocycles. The van der Waals surface area contributed by atoms with Gasteiger partial charge in [0.1, 0.15) is 16.5 Å². The first-order valence-electron chi connectivity index (χ1n) is 5.05. The molecule has 0 radical (unpaired) electrons. The van der Waals surface area contributed by atoms with Gasteiger partial charge in [0.25, 0.3) is 10.0 Å². The van der Waals surface area contributed by atoms with Crippen LogP contribution in [0.1, 0.15) is 5.76 Å². The van der Waals surface area contributed by atoms with Crippen LogP contribution in [0.3, 0.4) is 0 Å². The molecule has 0 amide bonds. The summed E-state index contributed by atoms with van der Waals surface area (Å²) in [5.74, 6) is 0.585. The summed E-state index contributed by atoms with van der Waals surface area (Å²) in [6.45, 7) is 0.116. The Morgan fingerprint density at radius 1 is 1.37 bits per heavy atom. The summed E-state index contributed by atoms with van der Waals surface area (Å²) in [6, 6.07) is 4.59. The van der Waals surface area contributed by atoms with E-state index in [1.54, 1.807) is 12.1 Å². The smallest absolute Gasteiger partial charge is 0.267 e. The lowest BCUT2D eigenvalue weighted by atomic mass is 10.5. The third-order valence-corrected chi connectivity index (χ3v) is 4.84. The van der Waals surface area contributed by atoms with Crippen LogP contribution in [0.5, 0.6) is 0 Å². The zero-order chi connectivity index (χ0) is 14.0. The van der Waals surface area contributed by atoms with Gasteiger partial charge in [-0.1, -0.05) is 0 Å². The normalized spacial score (nSPS) is 11.5. The maximum absolute atomic E-state index is 12.1. The van der Waals surface area contributed by atoms with E-state index >= 15 is 0 Å². The van der Waals surface area contributed by atoms with Gasteiger partial charge in [0.2, 0.25) is 0 Å². The van der Waals surface area contributed by atoms with E-state index in [2.05, 4.69) is 41.6 Å². The summed E-state index contributed by atoms with van der Waals surface area (Å²) in [6.07, 6.45) is 1.49. The number of halogens is 2. The number of aromatic nitrogens is 1. The van der Waals surface area contributed by atoms with Gasteiger partial charge >= 0.3 is 0 Å². The first-order valence-corrected chi connectivity index (χ1v) is 8.12. The van der Waals surface area contributed by atoms with Crippen LogP contribution in [-0.2, 0) is 16.6 Å². The zero-order valence-electron chi connectivity index (χ0n) is 9.43. The molecule has 2 heterocycles. The van der Waals surface area contributed by atoms with E-state index in [-0.39, 0.29) is 21.9 Å². The number of anilines is 1. The lowest BCUT2D eigenvalue weighted by Crippen LogP contribution is -2.13. The lowest BCUT2D eigenvalue weighted by molar-refractivity contribution is 0.484. The summed E-state index contributed by atoms with van der Waals surface area (Å²) in [5.41, 5.74) is 5.40. The minimum Gasteiger partial charge on any atom is -0.452 e. The monoisotopic (exact) mass is 409 g/mol. The number of sulfonamides is 1. The van der Waals surface area contributed by atoms with Crippen molar-refractivity contribution in [2.24, 2.45) is 5.73 Å². The molecule has 6 nitrogen and oxygen atoms in total. The first-order chi connectivity index (χ1) is 8.92. The number of nitrogens with two attached hydrogens (primary N) is 1. The van der Waals surface area contributed by atoms with E-state index in [4.69, 9.17) is 10.2 Å². The molecule has 0 saturated heterocycles. The molecular weight excluding hydrogens is 402 g/mol. The van der Waals surface area contributed by atoms with Crippen LogP contribution in [0, 0.1) is 0 Å². The highest BCUT2D eigenvalue weighted by Gasteiger charge is 2.22. The highest BCUT2D eigenvalue weighted by molar-refractivity contribution is 9.10. The number of furan rings is 1. The van der Waals surface area contributed by atoms with E-state index in [9.17, 15) is 8.42 Å². The van der Waals surface area contributed by atoms with E-state index in [0.717, 1.165) is 4.47 Å². The molecule has 0 unspecified atom stereocenters. The topological polar surface area (TPSA) is 98.2 Å². The van der Waals surface area contributed by atoms with Gasteiger partial charge in [-0.25, -0.2) is 13.4 Å². The second kappa shape index (κ2) is 5.61. The molecule has 2 rings (SSSR count). The highest BCUT2D eigenvalue weighted by atomic mass is 79.9. The predicted molar refractivity (Wildman–Crippen MR) is 77.0 cm³/mol. The number of nitrogens with zero attached hydrogens (tertiary/aromatic N) is 1. The number of hydrogen-bond donors (Lipinski definition) is 2.